The fourth-order valence-electron chi connectivity index (χ4n) is 2.11. The summed E-state index contributed by atoms with van der Waals surface area (Å²) in [6.45, 7) is 0. The molecule has 1 N–H and O–H groups in total. The van der Waals surface area contributed by atoms with Crippen LogP contribution >= 0.6 is 0 Å². The van der Waals surface area contributed by atoms with Crippen LogP contribution in [0.25, 0.3) is 5.70 Å². The molecular weight excluding hydrogens is 300 g/mol. The van der Waals surface area contributed by atoms with E-state index in [1.165, 1.54) is 6.08 Å². The lowest BCUT2D eigenvalue weighted by Crippen LogP contribution is -2.36. The Bertz CT molecular complexity index is 852. The van der Waals surface area contributed by atoms with Crippen LogP contribution < -0.4 is 9.47 Å². The number of carbonyl (C=O) groups excluding carboxylic acids is 1. The van der Waals surface area contributed by atoms with Gasteiger partial charge in [0.2, 0.25) is 0 Å². The Hall–Kier alpha value is -3.48. The normalized spacial score (nSPS) is 10.5. The smallest absolute Gasteiger partial charge is 0.260 e. The fourth-order valence-corrected chi connectivity index (χ4v) is 2.11. The summed E-state index contributed by atoms with van der Waals surface area (Å²) in [7, 11) is 3.86. The van der Waals surface area contributed by atoms with Crippen LogP contribution in [0, 0.1) is 16.7 Å². The summed E-state index contributed by atoms with van der Waals surface area (Å²) in [5.41, 5.74) is 1.76. The summed E-state index contributed by atoms with van der Waals surface area (Å²) < 4.78 is 1.64. The minimum absolute atomic E-state index is 0.0153. The van der Waals surface area contributed by atoms with Crippen LogP contribution in [0.2, 0.25) is 0 Å². The first kappa shape index (κ1) is 16.9. The molecule has 24 heavy (non-hydrogen) atoms. The monoisotopic (exact) mass is 317 g/mol. The summed E-state index contributed by atoms with van der Waals surface area (Å²) in [6.07, 6.45) is 4.87. The van der Waals surface area contributed by atoms with E-state index in [4.69, 9.17) is 10.7 Å². The first-order valence-corrected chi connectivity index (χ1v) is 7.27. The number of nitrogens with one attached hydrogen (secondary N) is 1. The summed E-state index contributed by atoms with van der Waals surface area (Å²) >= 11 is 0. The van der Waals surface area contributed by atoms with Gasteiger partial charge in [-0.15, -0.1) is 0 Å². The summed E-state index contributed by atoms with van der Waals surface area (Å²) in [4.78, 5) is 14.8. The van der Waals surface area contributed by atoms with Gasteiger partial charge in [-0.2, -0.15) is 9.83 Å². The SMILES string of the molecule is CN(C)c1cc[n+](/C(=C\C(=C=N)C#N)C(=O)c2ccccc2)cc1. The molecule has 0 saturated carbocycles. The Morgan fingerprint density at radius 3 is 2.29 bits per heavy atom. The Morgan fingerprint density at radius 2 is 1.79 bits per heavy atom. The number of aromatic nitrogens is 1. The van der Waals surface area contributed by atoms with Crippen molar-refractivity contribution in [1.29, 1.82) is 10.7 Å². The molecule has 2 rings (SSSR count). The highest BCUT2D eigenvalue weighted by Gasteiger charge is 2.22. The first-order chi connectivity index (χ1) is 11.6. The van der Waals surface area contributed by atoms with Crippen LogP contribution in [0.5, 0.6) is 0 Å². The van der Waals surface area contributed by atoms with Gasteiger partial charge in [0.15, 0.2) is 12.4 Å². The molecule has 0 fully saturated rings. The van der Waals surface area contributed by atoms with Crippen molar-refractivity contribution in [3.05, 3.63) is 72.1 Å². The maximum atomic E-state index is 12.8. The van der Waals surface area contributed by atoms with Gasteiger partial charge in [0.25, 0.3) is 11.5 Å². The summed E-state index contributed by atoms with van der Waals surface area (Å²) in [5, 5.41) is 16.2. The van der Waals surface area contributed by atoms with E-state index in [1.807, 2.05) is 49.1 Å². The van der Waals surface area contributed by atoms with Gasteiger partial charge >= 0.3 is 0 Å². The third-order valence-electron chi connectivity index (χ3n) is 3.41. The molecule has 1 aromatic carbocycles. The molecule has 2 aromatic rings. The number of pyridine rings is 1. The van der Waals surface area contributed by atoms with Gasteiger partial charge in [-0.25, -0.2) is 0 Å². The van der Waals surface area contributed by atoms with Crippen molar-refractivity contribution in [3.8, 4) is 6.07 Å². The quantitative estimate of drug-likeness (QED) is 0.230. The molecule has 5 nitrogen and oxygen atoms in total. The lowest BCUT2D eigenvalue weighted by Gasteiger charge is -2.10. The third kappa shape index (κ3) is 3.83. The Labute approximate surface area is 140 Å². The minimum atomic E-state index is -0.235. The lowest BCUT2D eigenvalue weighted by molar-refractivity contribution is -0.576. The van der Waals surface area contributed by atoms with E-state index in [2.05, 4.69) is 0 Å². The van der Waals surface area contributed by atoms with Crippen molar-refractivity contribution < 1.29 is 9.36 Å². The maximum absolute atomic E-state index is 12.8. The molecule has 1 aromatic heterocycles. The molecule has 0 spiro atoms. The number of nitrogens with zero attached hydrogens (tertiary/aromatic N) is 3. The van der Waals surface area contributed by atoms with E-state index in [-0.39, 0.29) is 17.1 Å². The number of benzene rings is 1. The van der Waals surface area contributed by atoms with Crippen LogP contribution in [0.15, 0.2) is 66.5 Å². The van der Waals surface area contributed by atoms with Gasteiger partial charge in [-0.3, -0.25) is 10.2 Å². The van der Waals surface area contributed by atoms with Gasteiger partial charge in [0.1, 0.15) is 11.6 Å². The molecule has 0 aliphatic carbocycles. The topological polar surface area (TPSA) is 71.8 Å². The van der Waals surface area contributed by atoms with Crippen molar-refractivity contribution in [3.63, 3.8) is 0 Å². The van der Waals surface area contributed by atoms with Gasteiger partial charge in [0.05, 0.1) is 0 Å². The van der Waals surface area contributed by atoms with Crippen LogP contribution in [-0.4, -0.2) is 25.7 Å². The number of anilines is 1. The van der Waals surface area contributed by atoms with E-state index < -0.39 is 0 Å². The van der Waals surface area contributed by atoms with Gasteiger partial charge in [-0.05, 0) is 5.87 Å². The number of rotatable bonds is 5. The molecule has 0 aliphatic rings. The highest BCUT2D eigenvalue weighted by atomic mass is 16.1. The van der Waals surface area contributed by atoms with Crippen LogP contribution in [0.1, 0.15) is 10.4 Å². The van der Waals surface area contributed by atoms with Crippen molar-refractivity contribution in [2.24, 2.45) is 0 Å². The van der Waals surface area contributed by atoms with Crippen molar-refractivity contribution in [2.45, 2.75) is 0 Å². The average molecular weight is 317 g/mol. The molecule has 5 heteroatoms. The molecule has 0 amide bonds. The van der Waals surface area contributed by atoms with E-state index in [9.17, 15) is 4.79 Å². The first-order valence-electron chi connectivity index (χ1n) is 7.27. The Kier molecular flexibility index (Phi) is 5.40. The van der Waals surface area contributed by atoms with Crippen LogP contribution in [0.3, 0.4) is 0 Å². The average Bonchev–Trinajstić information content (AvgIpc) is 2.63. The number of ketones is 1. The molecule has 0 saturated heterocycles. The van der Waals surface area contributed by atoms with E-state index >= 15 is 0 Å². The second-order valence-corrected chi connectivity index (χ2v) is 5.23. The highest BCUT2D eigenvalue weighted by Crippen LogP contribution is 2.12. The van der Waals surface area contributed by atoms with Gasteiger partial charge in [0, 0.05) is 43.6 Å². The zero-order valence-corrected chi connectivity index (χ0v) is 13.5. The van der Waals surface area contributed by atoms with E-state index in [0.717, 1.165) is 5.69 Å². The predicted molar refractivity (Wildman–Crippen MR) is 92.9 cm³/mol. The highest BCUT2D eigenvalue weighted by molar-refractivity contribution is 6.22. The Balaban J connectivity index is 2.54. The molecule has 0 radical (unpaired) electrons. The molecule has 0 atom stereocenters. The number of hydrogen-bond acceptors (Lipinski definition) is 4. The number of nitriles is 1. The van der Waals surface area contributed by atoms with Gasteiger partial charge < -0.3 is 4.90 Å². The van der Waals surface area contributed by atoms with E-state index in [1.54, 1.807) is 41.2 Å². The fraction of sp³-hybridized carbons (Fsp3) is 0.105. The van der Waals surface area contributed by atoms with Crippen LogP contribution in [-0.2, 0) is 0 Å². The van der Waals surface area contributed by atoms with E-state index in [0.29, 0.717) is 5.56 Å². The summed E-state index contributed by atoms with van der Waals surface area (Å²) in [5.74, 6) is 1.81. The Morgan fingerprint density at radius 1 is 1.17 bits per heavy atom. The van der Waals surface area contributed by atoms with Crippen molar-refractivity contribution in [2.75, 3.05) is 19.0 Å². The summed E-state index contributed by atoms with van der Waals surface area (Å²) in [6, 6.07) is 14.4. The lowest BCUT2D eigenvalue weighted by atomic mass is 10.1. The second kappa shape index (κ2) is 7.68. The second-order valence-electron chi connectivity index (χ2n) is 5.23. The van der Waals surface area contributed by atoms with Gasteiger partial charge in [-0.1, -0.05) is 30.3 Å². The molecule has 0 bridgehead atoms. The molecular formula is C19H17N4O+. The molecule has 0 unspecified atom stereocenters. The predicted octanol–water partition coefficient (Wildman–Crippen LogP) is 2.46. The van der Waals surface area contributed by atoms with Crippen molar-refractivity contribution in [1.82, 2.24) is 0 Å². The largest absolute Gasteiger partial charge is 0.377 e. The van der Waals surface area contributed by atoms with Crippen LogP contribution in [0.4, 0.5) is 5.69 Å². The van der Waals surface area contributed by atoms with Crippen molar-refractivity contribution >= 4 is 23.0 Å². The zero-order chi connectivity index (χ0) is 17.5. The minimum Gasteiger partial charge on any atom is -0.377 e. The molecule has 0 aliphatic heterocycles. The number of Topliss-reactive ketones (excluding diaryl/α,β-unsaturated/α-hetero) is 1. The zero-order valence-electron chi connectivity index (χ0n) is 13.5. The third-order valence-corrected chi connectivity index (χ3v) is 3.41. The number of allylic oxidation sites excluding steroid dienone is 3. The standard InChI is InChI=1S/C19H17N4O/c1-22(2)17-8-10-23(11-9-17)18(12-15(13-20)14-21)19(24)16-6-4-3-5-7-16/h3-12,20H,1-2H3/q+1/b18-12-. The molecule has 1 heterocycles. The molecule has 118 valence electrons. The number of carbonyl (C=O) groups is 1. The number of hydrogen-bond donors (Lipinski definition) is 1. The maximum Gasteiger partial charge on any atom is 0.260 e.